The van der Waals surface area contributed by atoms with Crippen LogP contribution in [0.2, 0.25) is 15.1 Å². The minimum Gasteiger partial charge on any atom is -0.368 e. The average Bonchev–Trinajstić information content (AvgIpc) is 3.35. The molecule has 0 fully saturated rings. The van der Waals surface area contributed by atoms with Crippen LogP contribution in [0, 0.1) is 10.1 Å². The number of halogens is 3. The van der Waals surface area contributed by atoms with Gasteiger partial charge in [-0.3, -0.25) is 0 Å². The third-order valence-electron chi connectivity index (χ3n) is 4.31. The van der Waals surface area contributed by atoms with E-state index < -0.39 is 5.09 Å². The molecular formula is C20H16Cl3N3O4S. The summed E-state index contributed by atoms with van der Waals surface area (Å²) in [5.41, 5.74) is 1.99. The van der Waals surface area contributed by atoms with Crippen LogP contribution < -0.4 is 0 Å². The smallest absolute Gasteiger partial charge is 0.291 e. The van der Waals surface area contributed by atoms with Crippen molar-refractivity contribution < 1.29 is 15.0 Å². The van der Waals surface area contributed by atoms with Crippen LogP contribution in [0.25, 0.3) is 10.1 Å². The van der Waals surface area contributed by atoms with E-state index in [1.165, 1.54) is 0 Å². The minimum absolute atomic E-state index is 0.255. The van der Waals surface area contributed by atoms with E-state index in [2.05, 4.69) is 21.4 Å². The Hall–Kier alpha value is -2.36. The highest BCUT2D eigenvalue weighted by atomic mass is 35.5. The molecule has 2 N–H and O–H groups in total. The van der Waals surface area contributed by atoms with Crippen molar-refractivity contribution >= 4 is 56.2 Å². The minimum atomic E-state index is -1.50. The number of thiophene rings is 1. The second-order valence-electron chi connectivity index (χ2n) is 6.32. The number of benzene rings is 2. The Kier molecular flexibility index (Phi) is 8.11. The number of nitrogens with zero attached hydrogens (tertiary/aromatic N) is 2. The molecule has 0 spiro atoms. The molecule has 0 aliphatic carbocycles. The molecule has 0 amide bonds. The fourth-order valence-electron chi connectivity index (χ4n) is 2.98. The Morgan fingerprint density at radius 2 is 2.00 bits per heavy atom. The molecule has 0 aliphatic rings. The summed E-state index contributed by atoms with van der Waals surface area (Å²) in [5, 5.41) is 18.8. The standard InChI is InChI=1S/C20H15Cl3N2OS.HNO3/c21-13-4-5-15(17(23)8-13)18(9-19-24-6-7-25-19)26-10-12-11-27-20-14(12)2-1-3-16(20)22;2-1(3)4/h1-8,11,18H,9-10H2,(H,24,25);(H,2,3,4). The van der Waals surface area contributed by atoms with E-state index in [0.29, 0.717) is 23.1 Å². The van der Waals surface area contributed by atoms with E-state index in [4.69, 9.17) is 54.9 Å². The van der Waals surface area contributed by atoms with Crippen LogP contribution in [0.5, 0.6) is 0 Å². The van der Waals surface area contributed by atoms with Crippen molar-refractivity contribution in [3.63, 3.8) is 0 Å². The third-order valence-corrected chi connectivity index (χ3v) is 6.38. The van der Waals surface area contributed by atoms with Gasteiger partial charge in [-0.2, -0.15) is 0 Å². The van der Waals surface area contributed by atoms with Gasteiger partial charge in [-0.15, -0.1) is 21.5 Å². The topological polar surface area (TPSA) is 101 Å². The molecule has 0 bridgehead atoms. The number of aromatic nitrogens is 2. The summed E-state index contributed by atoms with van der Waals surface area (Å²) in [6.07, 6.45) is 3.85. The number of rotatable bonds is 6. The van der Waals surface area contributed by atoms with Crippen molar-refractivity contribution in [3.05, 3.63) is 96.3 Å². The van der Waals surface area contributed by atoms with Crippen LogP contribution in [0.3, 0.4) is 0 Å². The van der Waals surface area contributed by atoms with E-state index in [0.717, 1.165) is 32.1 Å². The number of hydrogen-bond donors (Lipinski definition) is 2. The molecule has 162 valence electrons. The van der Waals surface area contributed by atoms with Crippen LogP contribution >= 0.6 is 46.1 Å². The summed E-state index contributed by atoms with van der Waals surface area (Å²) in [5.74, 6) is 0.837. The molecule has 31 heavy (non-hydrogen) atoms. The lowest BCUT2D eigenvalue weighted by atomic mass is 10.1. The normalized spacial score (nSPS) is 11.7. The first-order chi connectivity index (χ1) is 14.8. The van der Waals surface area contributed by atoms with Gasteiger partial charge in [0.25, 0.3) is 5.09 Å². The fraction of sp³-hybridized carbons (Fsp3) is 0.150. The molecule has 1 unspecified atom stereocenters. The molecule has 4 rings (SSSR count). The first kappa shape index (κ1) is 23.3. The molecule has 11 heteroatoms. The maximum Gasteiger partial charge on any atom is 0.291 e. The first-order valence-corrected chi connectivity index (χ1v) is 10.9. The molecule has 0 saturated heterocycles. The Morgan fingerprint density at radius 3 is 2.68 bits per heavy atom. The van der Waals surface area contributed by atoms with E-state index in [1.54, 1.807) is 29.8 Å². The number of nitrogens with one attached hydrogen (secondary N) is 1. The Labute approximate surface area is 196 Å². The van der Waals surface area contributed by atoms with Crippen molar-refractivity contribution in [2.24, 2.45) is 0 Å². The summed E-state index contributed by atoms with van der Waals surface area (Å²) in [6.45, 7) is 0.449. The van der Waals surface area contributed by atoms with Gasteiger partial charge in [-0.1, -0.05) is 53.0 Å². The van der Waals surface area contributed by atoms with E-state index in [1.807, 2.05) is 24.3 Å². The number of hydrogen-bond acceptors (Lipinski definition) is 5. The number of ether oxygens (including phenoxy) is 1. The first-order valence-electron chi connectivity index (χ1n) is 8.87. The van der Waals surface area contributed by atoms with Crippen LogP contribution in [0.15, 0.2) is 54.2 Å². The largest absolute Gasteiger partial charge is 0.368 e. The fourth-order valence-corrected chi connectivity index (χ4v) is 4.78. The van der Waals surface area contributed by atoms with Crippen molar-refractivity contribution in [1.82, 2.24) is 9.97 Å². The Bertz CT molecular complexity index is 1160. The molecule has 2 aromatic carbocycles. The van der Waals surface area contributed by atoms with E-state index in [-0.39, 0.29) is 6.10 Å². The van der Waals surface area contributed by atoms with Gasteiger partial charge in [0.15, 0.2) is 0 Å². The summed E-state index contributed by atoms with van der Waals surface area (Å²) < 4.78 is 7.36. The molecule has 0 aliphatic heterocycles. The Balaban J connectivity index is 0.000000628. The van der Waals surface area contributed by atoms with Crippen molar-refractivity contribution in [2.75, 3.05) is 0 Å². The van der Waals surface area contributed by atoms with Gasteiger partial charge in [-0.25, -0.2) is 4.98 Å². The second-order valence-corrected chi connectivity index (χ2v) is 8.45. The Morgan fingerprint density at radius 1 is 1.23 bits per heavy atom. The zero-order chi connectivity index (χ0) is 22.4. The maximum absolute atomic E-state index is 8.36. The van der Waals surface area contributed by atoms with Crippen LogP contribution in [-0.4, -0.2) is 20.3 Å². The molecular weight excluding hydrogens is 485 g/mol. The molecule has 2 heterocycles. The SMILES string of the molecule is Clc1ccc(C(Cc2ncc[nH]2)OCc2csc3c(Cl)cccc23)c(Cl)c1.O=[N+]([O-])O. The lowest BCUT2D eigenvalue weighted by molar-refractivity contribution is -0.742. The molecule has 7 nitrogen and oxygen atoms in total. The summed E-state index contributed by atoms with van der Waals surface area (Å²) in [6, 6.07) is 11.4. The second kappa shape index (κ2) is 10.8. The van der Waals surface area contributed by atoms with E-state index >= 15 is 0 Å². The van der Waals surface area contributed by atoms with Crippen molar-refractivity contribution in [1.29, 1.82) is 0 Å². The number of H-pyrrole nitrogens is 1. The molecule has 4 aromatic rings. The predicted molar refractivity (Wildman–Crippen MR) is 122 cm³/mol. The number of imidazole rings is 1. The summed E-state index contributed by atoms with van der Waals surface area (Å²) >= 11 is 20.4. The molecule has 1 atom stereocenters. The zero-order valence-corrected chi connectivity index (χ0v) is 18.9. The van der Waals surface area contributed by atoms with E-state index in [9.17, 15) is 0 Å². The monoisotopic (exact) mass is 499 g/mol. The lowest BCUT2D eigenvalue weighted by Gasteiger charge is -2.19. The average molecular weight is 501 g/mol. The summed E-state index contributed by atoms with van der Waals surface area (Å²) in [7, 11) is 0. The van der Waals surface area contributed by atoms with Crippen LogP contribution in [-0.2, 0) is 17.8 Å². The molecule has 2 aromatic heterocycles. The van der Waals surface area contributed by atoms with Crippen LogP contribution in [0.1, 0.15) is 23.1 Å². The van der Waals surface area contributed by atoms with Gasteiger partial charge in [0.05, 0.1) is 22.4 Å². The number of fused-ring (bicyclic) bond motifs is 1. The zero-order valence-electron chi connectivity index (χ0n) is 15.8. The van der Waals surface area contributed by atoms with Gasteiger partial charge >= 0.3 is 0 Å². The highest BCUT2D eigenvalue weighted by molar-refractivity contribution is 7.18. The van der Waals surface area contributed by atoms with Crippen molar-refractivity contribution in [2.45, 2.75) is 19.1 Å². The van der Waals surface area contributed by atoms with Gasteiger partial charge in [0.2, 0.25) is 0 Å². The molecule has 0 radical (unpaired) electrons. The van der Waals surface area contributed by atoms with Gasteiger partial charge in [0, 0.05) is 28.9 Å². The van der Waals surface area contributed by atoms with Gasteiger partial charge in [0.1, 0.15) is 5.82 Å². The summed E-state index contributed by atoms with van der Waals surface area (Å²) in [4.78, 5) is 15.8. The van der Waals surface area contributed by atoms with Gasteiger partial charge < -0.3 is 14.9 Å². The maximum atomic E-state index is 8.36. The lowest BCUT2D eigenvalue weighted by Crippen LogP contribution is -2.10. The predicted octanol–water partition coefficient (Wildman–Crippen LogP) is 6.74. The quantitative estimate of drug-likeness (QED) is 0.225. The highest BCUT2D eigenvalue weighted by Gasteiger charge is 2.19. The highest BCUT2D eigenvalue weighted by Crippen LogP contribution is 2.35. The van der Waals surface area contributed by atoms with Crippen LogP contribution in [0.4, 0.5) is 0 Å². The number of aromatic amines is 1. The van der Waals surface area contributed by atoms with Crippen molar-refractivity contribution in [3.8, 4) is 0 Å². The van der Waals surface area contributed by atoms with Gasteiger partial charge in [-0.05, 0) is 40.1 Å². The third kappa shape index (κ3) is 6.32. The molecule has 0 saturated carbocycles.